The number of aliphatic hydroxyl groups excluding tert-OH is 1. The molecule has 0 saturated carbocycles. The molecular weight excluding hydrogens is 433 g/mol. The summed E-state index contributed by atoms with van der Waals surface area (Å²) in [5.41, 5.74) is 1.77. The molecule has 0 spiro atoms. The standard InChI is InChI=1S/C28H26FNO4/c1-2-3-17-34-23-15-11-20(12-16-23)25-24(26(31)21-9-13-22(29)14-10-21)27(32)28(33)30(25)18-19-7-5-4-6-8-19/h4-16,25,31H,2-3,17-18H2,1H3. The first-order chi connectivity index (χ1) is 16.5. The van der Waals surface area contributed by atoms with Crippen LogP contribution in [0.1, 0.15) is 42.5 Å². The van der Waals surface area contributed by atoms with Crippen molar-refractivity contribution in [2.75, 3.05) is 6.61 Å². The molecule has 1 aliphatic rings. The van der Waals surface area contributed by atoms with Gasteiger partial charge in [-0.2, -0.15) is 0 Å². The zero-order valence-electron chi connectivity index (χ0n) is 18.9. The Morgan fingerprint density at radius 1 is 0.971 bits per heavy atom. The molecule has 1 saturated heterocycles. The van der Waals surface area contributed by atoms with Crippen LogP contribution in [0.4, 0.5) is 4.39 Å². The summed E-state index contributed by atoms with van der Waals surface area (Å²) in [5, 5.41) is 11.0. The van der Waals surface area contributed by atoms with Crippen molar-refractivity contribution in [3.63, 3.8) is 0 Å². The number of carbonyl (C=O) groups is 2. The van der Waals surface area contributed by atoms with Crippen molar-refractivity contribution in [3.8, 4) is 5.75 Å². The molecule has 1 fully saturated rings. The van der Waals surface area contributed by atoms with Crippen LogP contribution in [0, 0.1) is 5.82 Å². The van der Waals surface area contributed by atoms with Gasteiger partial charge >= 0.3 is 0 Å². The number of amides is 1. The Labute approximate surface area is 198 Å². The number of aliphatic hydroxyl groups is 1. The first-order valence-corrected chi connectivity index (χ1v) is 11.3. The number of rotatable bonds is 8. The van der Waals surface area contributed by atoms with Crippen LogP contribution in [0.5, 0.6) is 5.75 Å². The van der Waals surface area contributed by atoms with E-state index in [-0.39, 0.29) is 23.4 Å². The van der Waals surface area contributed by atoms with E-state index >= 15 is 0 Å². The van der Waals surface area contributed by atoms with Crippen molar-refractivity contribution >= 4 is 17.4 Å². The highest BCUT2D eigenvalue weighted by Gasteiger charge is 2.46. The molecule has 0 aromatic heterocycles. The second-order valence-corrected chi connectivity index (χ2v) is 8.19. The highest BCUT2D eigenvalue weighted by atomic mass is 19.1. The largest absolute Gasteiger partial charge is 0.507 e. The third-order valence-electron chi connectivity index (χ3n) is 5.82. The second kappa shape index (κ2) is 10.3. The van der Waals surface area contributed by atoms with Crippen LogP contribution in [0.25, 0.3) is 5.76 Å². The van der Waals surface area contributed by atoms with E-state index in [0.29, 0.717) is 17.9 Å². The van der Waals surface area contributed by atoms with Crippen LogP contribution >= 0.6 is 0 Å². The lowest BCUT2D eigenvalue weighted by atomic mass is 9.95. The number of benzene rings is 3. The van der Waals surface area contributed by atoms with E-state index in [1.54, 1.807) is 24.3 Å². The van der Waals surface area contributed by atoms with Crippen molar-refractivity contribution < 1.29 is 23.8 Å². The van der Waals surface area contributed by atoms with E-state index in [0.717, 1.165) is 18.4 Å². The lowest BCUT2D eigenvalue weighted by Gasteiger charge is -2.25. The van der Waals surface area contributed by atoms with E-state index in [4.69, 9.17) is 4.74 Å². The summed E-state index contributed by atoms with van der Waals surface area (Å²) in [5.74, 6) is -1.57. The van der Waals surface area contributed by atoms with E-state index in [1.807, 2.05) is 30.3 Å². The predicted octanol–water partition coefficient (Wildman–Crippen LogP) is 5.63. The SMILES string of the molecule is CCCCOc1ccc(C2C(=C(O)c3ccc(F)cc3)C(=O)C(=O)N2Cc2ccccc2)cc1. The average molecular weight is 460 g/mol. The second-order valence-electron chi connectivity index (χ2n) is 8.19. The van der Waals surface area contributed by atoms with Crippen molar-refractivity contribution in [1.29, 1.82) is 0 Å². The molecule has 1 atom stereocenters. The number of hydrogen-bond acceptors (Lipinski definition) is 4. The van der Waals surface area contributed by atoms with Crippen molar-refractivity contribution in [3.05, 3.63) is 107 Å². The van der Waals surface area contributed by atoms with E-state index in [2.05, 4.69) is 6.92 Å². The minimum Gasteiger partial charge on any atom is -0.507 e. The molecule has 6 heteroatoms. The van der Waals surface area contributed by atoms with Gasteiger partial charge in [0, 0.05) is 12.1 Å². The summed E-state index contributed by atoms with van der Waals surface area (Å²) in [6.45, 7) is 2.89. The van der Waals surface area contributed by atoms with Crippen LogP contribution in [0.3, 0.4) is 0 Å². The van der Waals surface area contributed by atoms with Gasteiger partial charge in [-0.1, -0.05) is 55.8 Å². The quantitative estimate of drug-likeness (QED) is 0.205. The topological polar surface area (TPSA) is 66.8 Å². The van der Waals surface area contributed by atoms with Gasteiger partial charge in [-0.15, -0.1) is 0 Å². The third-order valence-corrected chi connectivity index (χ3v) is 5.82. The molecule has 1 unspecified atom stereocenters. The van der Waals surface area contributed by atoms with Crippen LogP contribution in [-0.4, -0.2) is 28.3 Å². The normalized spacial score (nSPS) is 17.2. The highest BCUT2D eigenvalue weighted by Crippen LogP contribution is 2.40. The fraction of sp³-hybridized carbons (Fsp3) is 0.214. The van der Waals surface area contributed by atoms with Crippen LogP contribution in [0.15, 0.2) is 84.4 Å². The van der Waals surface area contributed by atoms with Gasteiger partial charge in [-0.05, 0) is 53.9 Å². The number of ketones is 1. The lowest BCUT2D eigenvalue weighted by Crippen LogP contribution is -2.29. The smallest absolute Gasteiger partial charge is 0.295 e. The maximum absolute atomic E-state index is 13.4. The van der Waals surface area contributed by atoms with Gasteiger partial charge in [0.1, 0.15) is 17.3 Å². The molecule has 0 bridgehead atoms. The maximum Gasteiger partial charge on any atom is 0.295 e. The minimum absolute atomic E-state index is 0.0211. The Morgan fingerprint density at radius 2 is 1.65 bits per heavy atom. The molecule has 0 radical (unpaired) electrons. The van der Waals surface area contributed by atoms with Gasteiger partial charge in [-0.25, -0.2) is 4.39 Å². The van der Waals surface area contributed by atoms with Crippen LogP contribution in [-0.2, 0) is 16.1 Å². The molecule has 1 amide bonds. The molecular formula is C28H26FNO4. The number of unbranched alkanes of at least 4 members (excludes halogenated alkanes) is 1. The molecule has 3 aromatic carbocycles. The van der Waals surface area contributed by atoms with E-state index in [1.165, 1.54) is 29.2 Å². The fourth-order valence-corrected chi connectivity index (χ4v) is 4.01. The maximum atomic E-state index is 13.4. The van der Waals surface area contributed by atoms with Gasteiger partial charge in [-0.3, -0.25) is 9.59 Å². The summed E-state index contributed by atoms with van der Waals surface area (Å²) >= 11 is 0. The van der Waals surface area contributed by atoms with Crippen LogP contribution in [0.2, 0.25) is 0 Å². The Kier molecular flexibility index (Phi) is 7.07. The number of halogens is 1. The Bertz CT molecular complexity index is 1190. The fourth-order valence-electron chi connectivity index (χ4n) is 4.01. The Hall–Kier alpha value is -3.93. The van der Waals surface area contributed by atoms with Crippen molar-refractivity contribution in [2.24, 2.45) is 0 Å². The molecule has 1 heterocycles. The van der Waals surface area contributed by atoms with Gasteiger partial charge < -0.3 is 14.7 Å². The van der Waals surface area contributed by atoms with Crippen LogP contribution < -0.4 is 4.74 Å². The summed E-state index contributed by atoms with van der Waals surface area (Å²) in [4.78, 5) is 27.6. The molecule has 4 rings (SSSR count). The summed E-state index contributed by atoms with van der Waals surface area (Å²) in [6.07, 6.45) is 1.96. The number of carbonyl (C=O) groups excluding carboxylic acids is 2. The Balaban J connectivity index is 1.76. The number of Topliss-reactive ketones (excluding diaryl/α,β-unsaturated/α-hetero) is 1. The average Bonchev–Trinajstić information content (AvgIpc) is 3.10. The zero-order chi connectivity index (χ0) is 24.1. The number of hydrogen-bond donors (Lipinski definition) is 1. The van der Waals surface area contributed by atoms with Crippen molar-refractivity contribution in [1.82, 2.24) is 4.90 Å². The first kappa shape index (κ1) is 23.2. The Morgan fingerprint density at radius 3 is 2.29 bits per heavy atom. The lowest BCUT2D eigenvalue weighted by molar-refractivity contribution is -0.140. The van der Waals surface area contributed by atoms with Gasteiger partial charge in [0.15, 0.2) is 0 Å². The third kappa shape index (κ3) is 4.86. The summed E-state index contributed by atoms with van der Waals surface area (Å²) in [6, 6.07) is 20.9. The molecule has 0 aliphatic carbocycles. The summed E-state index contributed by atoms with van der Waals surface area (Å²) in [7, 11) is 0. The molecule has 34 heavy (non-hydrogen) atoms. The molecule has 3 aromatic rings. The van der Waals surface area contributed by atoms with Gasteiger partial charge in [0.25, 0.3) is 11.7 Å². The predicted molar refractivity (Wildman–Crippen MR) is 128 cm³/mol. The number of nitrogens with zero attached hydrogens (tertiary/aromatic N) is 1. The molecule has 5 nitrogen and oxygen atoms in total. The molecule has 174 valence electrons. The van der Waals surface area contributed by atoms with E-state index in [9.17, 15) is 19.1 Å². The monoisotopic (exact) mass is 459 g/mol. The van der Waals surface area contributed by atoms with Gasteiger partial charge in [0.05, 0.1) is 18.2 Å². The highest BCUT2D eigenvalue weighted by molar-refractivity contribution is 6.46. The first-order valence-electron chi connectivity index (χ1n) is 11.3. The number of ether oxygens (including phenoxy) is 1. The number of likely N-dealkylation sites (tertiary alicyclic amines) is 1. The molecule has 1 aliphatic heterocycles. The van der Waals surface area contributed by atoms with E-state index < -0.39 is 23.5 Å². The van der Waals surface area contributed by atoms with Crippen molar-refractivity contribution in [2.45, 2.75) is 32.4 Å². The zero-order valence-corrected chi connectivity index (χ0v) is 18.9. The summed E-state index contributed by atoms with van der Waals surface area (Å²) < 4.78 is 19.2. The van der Waals surface area contributed by atoms with Gasteiger partial charge in [0.2, 0.25) is 0 Å². The minimum atomic E-state index is -0.796. The molecule has 1 N–H and O–H groups in total.